The summed E-state index contributed by atoms with van der Waals surface area (Å²) in [6, 6.07) is 9.02. The number of nitrogens with zero attached hydrogens (tertiary/aromatic N) is 2. The number of furan rings is 1. The van der Waals surface area contributed by atoms with E-state index in [0.29, 0.717) is 24.4 Å². The minimum atomic E-state index is -0.304. The zero-order valence-corrected chi connectivity index (χ0v) is 16.7. The first-order valence-electron chi connectivity index (χ1n) is 9.55. The monoisotopic (exact) mass is 381 g/mol. The number of aryl methyl sites for hydroxylation is 2. The topological polar surface area (TPSA) is 65.8 Å². The molecule has 1 fully saturated rings. The lowest BCUT2D eigenvalue weighted by atomic mass is 10.1. The van der Waals surface area contributed by atoms with Crippen molar-refractivity contribution < 1.29 is 14.0 Å². The largest absolute Gasteiger partial charge is 0.465 e. The standard InChI is InChI=1S/C22H27N3O3/c1-16-7-8-18(14-17(16)2)21(26)23-20(15-19-6-4-13-28-19)22(27)25-10-5-9-24(3)11-12-25/h4,6-8,13-15H,5,9-12H2,1-3H3,(H,23,26)/b20-15+. The van der Waals surface area contributed by atoms with Crippen LogP contribution in [-0.2, 0) is 4.79 Å². The van der Waals surface area contributed by atoms with Crippen molar-refractivity contribution in [2.75, 3.05) is 33.2 Å². The van der Waals surface area contributed by atoms with Crippen LogP contribution < -0.4 is 5.32 Å². The van der Waals surface area contributed by atoms with Gasteiger partial charge < -0.3 is 19.5 Å². The van der Waals surface area contributed by atoms with Gasteiger partial charge in [-0.15, -0.1) is 0 Å². The van der Waals surface area contributed by atoms with Gasteiger partial charge in [0.25, 0.3) is 11.8 Å². The van der Waals surface area contributed by atoms with Gasteiger partial charge in [0.05, 0.1) is 6.26 Å². The normalized spacial score (nSPS) is 16.0. The Morgan fingerprint density at radius 3 is 2.61 bits per heavy atom. The first-order valence-corrected chi connectivity index (χ1v) is 9.55. The van der Waals surface area contributed by atoms with Crippen LogP contribution in [0.4, 0.5) is 0 Å². The second-order valence-corrected chi connectivity index (χ2v) is 7.28. The molecule has 2 heterocycles. The third-order valence-corrected chi connectivity index (χ3v) is 5.08. The molecule has 1 aliphatic heterocycles. The van der Waals surface area contributed by atoms with Gasteiger partial charge in [0.1, 0.15) is 11.5 Å². The molecule has 2 aromatic rings. The SMILES string of the molecule is Cc1ccc(C(=O)N/C(=C/c2ccco2)C(=O)N2CCCN(C)CC2)cc1C. The van der Waals surface area contributed by atoms with Crippen molar-refractivity contribution in [3.05, 3.63) is 64.7 Å². The van der Waals surface area contributed by atoms with Gasteiger partial charge in [-0.3, -0.25) is 9.59 Å². The smallest absolute Gasteiger partial charge is 0.270 e. The van der Waals surface area contributed by atoms with E-state index < -0.39 is 0 Å². The van der Waals surface area contributed by atoms with Crippen molar-refractivity contribution in [1.29, 1.82) is 0 Å². The highest BCUT2D eigenvalue weighted by Crippen LogP contribution is 2.14. The molecular weight excluding hydrogens is 354 g/mol. The predicted octanol–water partition coefficient (Wildman–Crippen LogP) is 2.83. The molecule has 1 N–H and O–H groups in total. The lowest BCUT2D eigenvalue weighted by Crippen LogP contribution is -2.40. The minimum Gasteiger partial charge on any atom is -0.465 e. The number of likely N-dealkylation sites (N-methyl/N-ethyl adjacent to an activating group) is 1. The molecule has 1 aromatic carbocycles. The van der Waals surface area contributed by atoms with Crippen LogP contribution in [0, 0.1) is 13.8 Å². The fraction of sp³-hybridized carbons (Fsp3) is 0.364. The van der Waals surface area contributed by atoms with Crippen LogP contribution in [0.15, 0.2) is 46.7 Å². The molecule has 6 nitrogen and oxygen atoms in total. The lowest BCUT2D eigenvalue weighted by Gasteiger charge is -2.22. The highest BCUT2D eigenvalue weighted by molar-refractivity contribution is 6.05. The Labute approximate surface area is 165 Å². The summed E-state index contributed by atoms with van der Waals surface area (Å²) < 4.78 is 5.36. The van der Waals surface area contributed by atoms with E-state index in [4.69, 9.17) is 4.42 Å². The van der Waals surface area contributed by atoms with Crippen molar-refractivity contribution in [1.82, 2.24) is 15.1 Å². The first kappa shape index (κ1) is 19.9. The van der Waals surface area contributed by atoms with E-state index in [1.165, 1.54) is 0 Å². The van der Waals surface area contributed by atoms with Gasteiger partial charge in [-0.05, 0) is 69.3 Å². The zero-order valence-electron chi connectivity index (χ0n) is 16.7. The summed E-state index contributed by atoms with van der Waals surface area (Å²) in [6.45, 7) is 7.02. The van der Waals surface area contributed by atoms with E-state index in [-0.39, 0.29) is 17.5 Å². The van der Waals surface area contributed by atoms with E-state index in [0.717, 1.165) is 30.6 Å². The van der Waals surface area contributed by atoms with Crippen LogP contribution in [0.5, 0.6) is 0 Å². The number of rotatable bonds is 4. The summed E-state index contributed by atoms with van der Waals surface area (Å²) in [5, 5.41) is 2.80. The molecule has 2 amide bonds. The van der Waals surface area contributed by atoms with Gasteiger partial charge in [-0.25, -0.2) is 0 Å². The third-order valence-electron chi connectivity index (χ3n) is 5.08. The van der Waals surface area contributed by atoms with Gasteiger partial charge in [-0.2, -0.15) is 0 Å². The maximum atomic E-state index is 13.2. The summed E-state index contributed by atoms with van der Waals surface area (Å²) in [5.41, 5.74) is 2.90. The molecule has 0 unspecified atom stereocenters. The third kappa shape index (κ3) is 4.89. The molecule has 148 valence electrons. The highest BCUT2D eigenvalue weighted by Gasteiger charge is 2.23. The van der Waals surface area contributed by atoms with E-state index in [2.05, 4.69) is 17.3 Å². The van der Waals surface area contributed by atoms with Crippen molar-refractivity contribution in [2.45, 2.75) is 20.3 Å². The molecule has 3 rings (SSSR count). The summed E-state index contributed by atoms with van der Waals surface area (Å²) in [5.74, 6) is 0.0285. The Balaban J connectivity index is 1.83. The van der Waals surface area contributed by atoms with Crippen molar-refractivity contribution in [2.24, 2.45) is 0 Å². The van der Waals surface area contributed by atoms with E-state index >= 15 is 0 Å². The van der Waals surface area contributed by atoms with E-state index in [1.807, 2.05) is 26.0 Å². The Bertz CT molecular complexity index is 871. The van der Waals surface area contributed by atoms with E-state index in [9.17, 15) is 9.59 Å². The molecule has 1 saturated heterocycles. The average molecular weight is 381 g/mol. The molecule has 0 saturated carbocycles. The molecule has 0 bridgehead atoms. The number of hydrogen-bond acceptors (Lipinski definition) is 4. The van der Waals surface area contributed by atoms with Crippen LogP contribution in [0.3, 0.4) is 0 Å². The van der Waals surface area contributed by atoms with Gasteiger partial charge in [0.2, 0.25) is 0 Å². The number of carbonyl (C=O) groups is 2. The van der Waals surface area contributed by atoms with Gasteiger partial charge in [0.15, 0.2) is 0 Å². The minimum absolute atomic E-state index is 0.191. The van der Waals surface area contributed by atoms with Gasteiger partial charge in [0, 0.05) is 31.3 Å². The lowest BCUT2D eigenvalue weighted by molar-refractivity contribution is -0.127. The number of hydrogen-bond donors (Lipinski definition) is 1. The molecule has 6 heteroatoms. The summed E-state index contributed by atoms with van der Waals surface area (Å²) >= 11 is 0. The highest BCUT2D eigenvalue weighted by atomic mass is 16.3. The molecule has 1 aliphatic rings. The quantitative estimate of drug-likeness (QED) is 0.827. The van der Waals surface area contributed by atoms with Crippen molar-refractivity contribution in [3.8, 4) is 0 Å². The molecule has 0 atom stereocenters. The maximum Gasteiger partial charge on any atom is 0.270 e. The van der Waals surface area contributed by atoms with Crippen LogP contribution in [0.25, 0.3) is 6.08 Å². The second-order valence-electron chi connectivity index (χ2n) is 7.28. The number of amides is 2. The molecule has 1 aromatic heterocycles. The molecule has 0 spiro atoms. The van der Waals surface area contributed by atoms with Crippen LogP contribution >= 0.6 is 0 Å². The maximum absolute atomic E-state index is 13.2. The predicted molar refractivity (Wildman–Crippen MR) is 109 cm³/mol. The van der Waals surface area contributed by atoms with E-state index in [1.54, 1.807) is 35.4 Å². The van der Waals surface area contributed by atoms with Gasteiger partial charge in [-0.1, -0.05) is 6.07 Å². The summed E-state index contributed by atoms with van der Waals surface area (Å²) in [6.07, 6.45) is 4.04. The first-order chi connectivity index (χ1) is 13.4. The Hall–Kier alpha value is -2.86. The zero-order chi connectivity index (χ0) is 20.1. The Kier molecular flexibility index (Phi) is 6.31. The molecular formula is C22H27N3O3. The molecule has 0 radical (unpaired) electrons. The van der Waals surface area contributed by atoms with Crippen LogP contribution in [0.2, 0.25) is 0 Å². The fourth-order valence-corrected chi connectivity index (χ4v) is 3.16. The second kappa shape index (κ2) is 8.89. The summed E-state index contributed by atoms with van der Waals surface area (Å²) in [4.78, 5) is 29.9. The van der Waals surface area contributed by atoms with Crippen molar-refractivity contribution >= 4 is 17.9 Å². The summed E-state index contributed by atoms with van der Waals surface area (Å²) in [7, 11) is 2.05. The Morgan fingerprint density at radius 2 is 1.89 bits per heavy atom. The van der Waals surface area contributed by atoms with Gasteiger partial charge >= 0.3 is 0 Å². The molecule has 0 aliphatic carbocycles. The fourth-order valence-electron chi connectivity index (χ4n) is 3.16. The number of carbonyl (C=O) groups excluding carboxylic acids is 2. The molecule has 28 heavy (non-hydrogen) atoms. The van der Waals surface area contributed by atoms with Crippen molar-refractivity contribution in [3.63, 3.8) is 0 Å². The van der Waals surface area contributed by atoms with Crippen LogP contribution in [-0.4, -0.2) is 54.8 Å². The Morgan fingerprint density at radius 1 is 1.07 bits per heavy atom. The number of nitrogens with one attached hydrogen (secondary N) is 1. The number of benzene rings is 1. The average Bonchev–Trinajstić information content (AvgIpc) is 3.09. The van der Waals surface area contributed by atoms with Crippen LogP contribution in [0.1, 0.15) is 33.7 Å².